The molecule has 0 saturated heterocycles. The monoisotopic (exact) mass is 401 g/mol. The summed E-state index contributed by atoms with van der Waals surface area (Å²) < 4.78 is 15.7. The smallest absolute Gasteiger partial charge is 0.196 e. The number of aromatic amines is 1. The molecule has 29 heavy (non-hydrogen) atoms. The average molecular weight is 401 g/mol. The van der Waals surface area contributed by atoms with E-state index in [2.05, 4.69) is 20.2 Å². The quantitative estimate of drug-likeness (QED) is 0.409. The first-order chi connectivity index (χ1) is 14.3. The van der Waals surface area contributed by atoms with Gasteiger partial charge in [-0.3, -0.25) is 4.57 Å². The number of para-hydroxylation sites is 3. The third kappa shape index (κ3) is 3.52. The topological polar surface area (TPSA) is 59.4 Å². The Morgan fingerprint density at radius 3 is 2.55 bits per heavy atom. The molecular formula is C22H16FN5S. The van der Waals surface area contributed by atoms with Crippen LogP contribution in [0, 0.1) is 5.82 Å². The molecule has 0 amide bonds. The standard InChI is InChI=1S/C22H16FN5S/c23-16-8-6-7-15(13-16)21-26-27-22(28(21)17-9-2-1-3-10-17)29-14-20-24-18-11-4-5-12-19(18)25-20/h1-13H,14H2,(H,24,25). The Balaban J connectivity index is 1.52. The van der Waals surface area contributed by atoms with E-state index in [0.717, 1.165) is 27.7 Å². The van der Waals surface area contributed by atoms with Crippen LogP contribution in [0.2, 0.25) is 0 Å². The Morgan fingerprint density at radius 1 is 0.897 bits per heavy atom. The molecule has 7 heteroatoms. The van der Waals surface area contributed by atoms with Crippen LogP contribution in [-0.2, 0) is 5.75 Å². The van der Waals surface area contributed by atoms with Gasteiger partial charge < -0.3 is 4.98 Å². The molecule has 2 aromatic heterocycles. The van der Waals surface area contributed by atoms with Gasteiger partial charge in [0.15, 0.2) is 11.0 Å². The van der Waals surface area contributed by atoms with Gasteiger partial charge in [-0.1, -0.05) is 54.2 Å². The second-order valence-corrected chi connectivity index (χ2v) is 7.42. The molecule has 0 spiro atoms. The molecule has 0 saturated carbocycles. The highest BCUT2D eigenvalue weighted by Gasteiger charge is 2.17. The van der Waals surface area contributed by atoms with E-state index in [1.54, 1.807) is 6.07 Å². The molecule has 0 atom stereocenters. The van der Waals surface area contributed by atoms with Gasteiger partial charge >= 0.3 is 0 Å². The molecule has 0 aliphatic rings. The van der Waals surface area contributed by atoms with Crippen molar-refractivity contribution in [2.45, 2.75) is 10.9 Å². The summed E-state index contributed by atoms with van der Waals surface area (Å²) in [6.45, 7) is 0. The minimum Gasteiger partial charge on any atom is -0.341 e. The molecule has 0 aliphatic heterocycles. The number of nitrogens with one attached hydrogen (secondary N) is 1. The summed E-state index contributed by atoms with van der Waals surface area (Å²) >= 11 is 1.53. The van der Waals surface area contributed by atoms with Crippen molar-refractivity contribution < 1.29 is 4.39 Å². The zero-order valence-corrected chi connectivity index (χ0v) is 16.1. The van der Waals surface area contributed by atoms with Crippen molar-refractivity contribution in [1.29, 1.82) is 0 Å². The Morgan fingerprint density at radius 2 is 1.72 bits per heavy atom. The van der Waals surface area contributed by atoms with Crippen LogP contribution in [0.1, 0.15) is 5.82 Å². The maximum Gasteiger partial charge on any atom is 0.196 e. The van der Waals surface area contributed by atoms with Crippen LogP contribution >= 0.6 is 11.8 Å². The van der Waals surface area contributed by atoms with Crippen LogP contribution in [0.5, 0.6) is 0 Å². The van der Waals surface area contributed by atoms with E-state index in [1.165, 1.54) is 23.9 Å². The maximum absolute atomic E-state index is 13.8. The number of halogens is 1. The van der Waals surface area contributed by atoms with Crippen LogP contribution in [0.25, 0.3) is 28.1 Å². The highest BCUT2D eigenvalue weighted by atomic mass is 32.2. The fraction of sp³-hybridized carbons (Fsp3) is 0.0455. The van der Waals surface area contributed by atoms with E-state index in [0.29, 0.717) is 17.1 Å². The maximum atomic E-state index is 13.8. The van der Waals surface area contributed by atoms with Gasteiger partial charge in [-0.2, -0.15) is 0 Å². The van der Waals surface area contributed by atoms with Crippen LogP contribution in [0.15, 0.2) is 84.0 Å². The van der Waals surface area contributed by atoms with Gasteiger partial charge in [0.25, 0.3) is 0 Å². The molecular weight excluding hydrogens is 385 g/mol. The number of benzene rings is 3. The lowest BCUT2D eigenvalue weighted by molar-refractivity contribution is 0.628. The van der Waals surface area contributed by atoms with Crippen LogP contribution in [0.3, 0.4) is 0 Å². The normalized spacial score (nSPS) is 11.2. The minimum atomic E-state index is -0.304. The van der Waals surface area contributed by atoms with Gasteiger partial charge in [0, 0.05) is 11.3 Å². The van der Waals surface area contributed by atoms with E-state index in [4.69, 9.17) is 0 Å². The Kier molecular flexibility index (Phi) is 4.57. The third-order valence-corrected chi connectivity index (χ3v) is 5.45. The van der Waals surface area contributed by atoms with Gasteiger partial charge in [-0.15, -0.1) is 10.2 Å². The van der Waals surface area contributed by atoms with E-state index in [1.807, 2.05) is 65.2 Å². The second-order valence-electron chi connectivity index (χ2n) is 6.48. The lowest BCUT2D eigenvalue weighted by atomic mass is 10.2. The lowest BCUT2D eigenvalue weighted by Gasteiger charge is -2.10. The predicted octanol–water partition coefficient (Wildman–Crippen LogP) is 5.24. The molecule has 3 aromatic carbocycles. The first kappa shape index (κ1) is 17.6. The summed E-state index contributed by atoms with van der Waals surface area (Å²) in [6.07, 6.45) is 0. The van der Waals surface area contributed by atoms with E-state index in [9.17, 15) is 4.39 Å². The number of aromatic nitrogens is 5. The van der Waals surface area contributed by atoms with Crippen LogP contribution in [0.4, 0.5) is 4.39 Å². The third-order valence-electron chi connectivity index (χ3n) is 4.51. The number of thioether (sulfide) groups is 1. The Hall–Kier alpha value is -3.45. The average Bonchev–Trinajstić information content (AvgIpc) is 3.36. The van der Waals surface area contributed by atoms with Gasteiger partial charge in [0.1, 0.15) is 11.6 Å². The molecule has 0 radical (unpaired) electrons. The summed E-state index contributed by atoms with van der Waals surface area (Å²) in [7, 11) is 0. The lowest BCUT2D eigenvalue weighted by Crippen LogP contribution is -2.00. The molecule has 1 N–H and O–H groups in total. The number of nitrogens with zero attached hydrogens (tertiary/aromatic N) is 4. The molecule has 5 rings (SSSR count). The fourth-order valence-electron chi connectivity index (χ4n) is 3.19. The molecule has 0 fully saturated rings. The molecule has 5 aromatic rings. The van der Waals surface area contributed by atoms with Crippen LogP contribution < -0.4 is 0 Å². The largest absolute Gasteiger partial charge is 0.341 e. The van der Waals surface area contributed by atoms with Crippen LogP contribution in [-0.4, -0.2) is 24.7 Å². The van der Waals surface area contributed by atoms with Crippen molar-refractivity contribution in [3.63, 3.8) is 0 Å². The predicted molar refractivity (Wildman–Crippen MR) is 112 cm³/mol. The molecule has 0 aliphatic carbocycles. The second kappa shape index (κ2) is 7.52. The highest BCUT2D eigenvalue weighted by molar-refractivity contribution is 7.98. The first-order valence-corrected chi connectivity index (χ1v) is 10.1. The summed E-state index contributed by atoms with van der Waals surface area (Å²) in [6, 6.07) is 24.2. The van der Waals surface area contributed by atoms with Gasteiger partial charge in [-0.25, -0.2) is 9.37 Å². The van der Waals surface area contributed by atoms with E-state index < -0.39 is 0 Å². The van der Waals surface area contributed by atoms with Gasteiger partial charge in [0.05, 0.1) is 16.8 Å². The summed E-state index contributed by atoms with van der Waals surface area (Å²) in [4.78, 5) is 7.96. The number of imidazole rings is 1. The zero-order chi connectivity index (χ0) is 19.6. The summed E-state index contributed by atoms with van der Waals surface area (Å²) in [5, 5.41) is 9.45. The summed E-state index contributed by atoms with van der Waals surface area (Å²) in [5.41, 5.74) is 3.54. The van der Waals surface area contributed by atoms with Gasteiger partial charge in [0.2, 0.25) is 0 Å². The molecule has 2 heterocycles. The molecule has 5 nitrogen and oxygen atoms in total. The number of fused-ring (bicyclic) bond motifs is 1. The minimum absolute atomic E-state index is 0.304. The van der Waals surface area contributed by atoms with E-state index >= 15 is 0 Å². The number of hydrogen-bond acceptors (Lipinski definition) is 4. The molecule has 0 unspecified atom stereocenters. The first-order valence-electron chi connectivity index (χ1n) is 9.11. The van der Waals surface area contributed by atoms with E-state index in [-0.39, 0.29) is 5.82 Å². The van der Waals surface area contributed by atoms with Gasteiger partial charge in [-0.05, 0) is 36.4 Å². The van der Waals surface area contributed by atoms with Crippen molar-refractivity contribution >= 4 is 22.8 Å². The number of hydrogen-bond donors (Lipinski definition) is 1. The fourth-order valence-corrected chi connectivity index (χ4v) is 4.02. The number of H-pyrrole nitrogens is 1. The van der Waals surface area contributed by atoms with Crippen molar-refractivity contribution in [3.05, 3.63) is 90.5 Å². The molecule has 142 valence electrons. The van der Waals surface area contributed by atoms with Crippen molar-refractivity contribution in [3.8, 4) is 17.1 Å². The van der Waals surface area contributed by atoms with Crippen molar-refractivity contribution in [1.82, 2.24) is 24.7 Å². The summed E-state index contributed by atoms with van der Waals surface area (Å²) in [5.74, 6) is 1.78. The zero-order valence-electron chi connectivity index (χ0n) is 15.3. The van der Waals surface area contributed by atoms with Crippen molar-refractivity contribution in [2.75, 3.05) is 0 Å². The Bertz CT molecular complexity index is 1250. The Labute approximate surface area is 170 Å². The van der Waals surface area contributed by atoms with Crippen molar-refractivity contribution in [2.24, 2.45) is 0 Å². The highest BCUT2D eigenvalue weighted by Crippen LogP contribution is 2.29. The molecule has 0 bridgehead atoms. The number of rotatable bonds is 5. The SMILES string of the molecule is Fc1cccc(-c2nnc(SCc3nc4ccccc4[nH]3)n2-c2ccccc2)c1.